The summed E-state index contributed by atoms with van der Waals surface area (Å²) >= 11 is 0. The zero-order chi connectivity index (χ0) is 30.4. The Morgan fingerprint density at radius 1 is 0.350 bits per heavy atom. The van der Waals surface area contributed by atoms with Gasteiger partial charge in [-0.1, -0.05) is 155 Å². The van der Waals surface area contributed by atoms with Crippen molar-refractivity contribution in [2.75, 3.05) is 13.2 Å². The zero-order valence-electron chi connectivity index (χ0n) is 26.8. The van der Waals surface area contributed by atoms with Crippen LogP contribution in [0.3, 0.4) is 0 Å². The summed E-state index contributed by atoms with van der Waals surface area (Å²) in [7, 11) is 0. The SMILES string of the molecule is CCCCCCCCCCCCCC(=O)O.CCCCCCCCCCCCCC(=O)O.OCCCCCCO. The first kappa shape index (κ1) is 43.3. The fourth-order valence-corrected chi connectivity index (χ4v) is 4.46. The van der Waals surface area contributed by atoms with E-state index in [1.165, 1.54) is 116 Å². The van der Waals surface area contributed by atoms with Crippen molar-refractivity contribution in [3.8, 4) is 0 Å². The van der Waals surface area contributed by atoms with Crippen molar-refractivity contribution in [3.63, 3.8) is 0 Å². The number of carboxylic acids is 2. The van der Waals surface area contributed by atoms with E-state index in [1.54, 1.807) is 0 Å². The van der Waals surface area contributed by atoms with Gasteiger partial charge in [-0.15, -0.1) is 0 Å². The van der Waals surface area contributed by atoms with Crippen molar-refractivity contribution >= 4 is 11.9 Å². The Balaban J connectivity index is -0.000000543. The second-order valence-corrected chi connectivity index (χ2v) is 11.2. The van der Waals surface area contributed by atoms with Gasteiger partial charge in [-0.05, 0) is 25.7 Å². The molecular formula is C34H70O6. The lowest BCUT2D eigenvalue weighted by Crippen LogP contribution is -1.93. The number of hydrogen-bond acceptors (Lipinski definition) is 4. The molecule has 0 aromatic rings. The molecule has 6 heteroatoms. The molecule has 0 aliphatic heterocycles. The minimum atomic E-state index is -0.657. The molecule has 0 aromatic heterocycles. The van der Waals surface area contributed by atoms with E-state index in [1.807, 2.05) is 0 Å². The molecule has 0 amide bonds. The average Bonchev–Trinajstić information content (AvgIpc) is 2.93. The molecule has 0 saturated carbocycles. The predicted octanol–water partition coefficient (Wildman–Crippen LogP) is 10.1. The van der Waals surface area contributed by atoms with Crippen LogP contribution in [0, 0.1) is 0 Å². The van der Waals surface area contributed by atoms with Crippen molar-refractivity contribution in [1.82, 2.24) is 0 Å². The normalized spacial score (nSPS) is 10.4. The van der Waals surface area contributed by atoms with Gasteiger partial charge in [-0.3, -0.25) is 9.59 Å². The van der Waals surface area contributed by atoms with Crippen LogP contribution in [0.1, 0.15) is 194 Å². The second-order valence-electron chi connectivity index (χ2n) is 11.2. The minimum Gasteiger partial charge on any atom is -0.481 e. The van der Waals surface area contributed by atoms with Crippen molar-refractivity contribution in [2.45, 2.75) is 194 Å². The molecule has 0 saturated heterocycles. The Morgan fingerprint density at radius 2 is 0.550 bits per heavy atom. The van der Waals surface area contributed by atoms with Gasteiger partial charge >= 0.3 is 11.9 Å². The molecule has 242 valence electrons. The van der Waals surface area contributed by atoms with Gasteiger partial charge in [-0.25, -0.2) is 0 Å². The van der Waals surface area contributed by atoms with Gasteiger partial charge in [0.2, 0.25) is 0 Å². The lowest BCUT2D eigenvalue weighted by Gasteiger charge is -2.01. The van der Waals surface area contributed by atoms with Crippen LogP contribution in [0.2, 0.25) is 0 Å². The first-order valence-corrected chi connectivity index (χ1v) is 17.1. The first-order valence-electron chi connectivity index (χ1n) is 17.1. The van der Waals surface area contributed by atoms with Gasteiger partial charge in [0, 0.05) is 26.1 Å². The van der Waals surface area contributed by atoms with Crippen molar-refractivity contribution in [3.05, 3.63) is 0 Å². The van der Waals surface area contributed by atoms with E-state index in [9.17, 15) is 9.59 Å². The van der Waals surface area contributed by atoms with Crippen LogP contribution in [0.15, 0.2) is 0 Å². The highest BCUT2D eigenvalue weighted by Gasteiger charge is 1.97. The molecule has 0 bridgehead atoms. The Kier molecular flexibility index (Phi) is 45.8. The molecule has 0 rings (SSSR count). The van der Waals surface area contributed by atoms with Gasteiger partial charge in [0.25, 0.3) is 0 Å². The fourth-order valence-electron chi connectivity index (χ4n) is 4.46. The molecule has 6 nitrogen and oxygen atoms in total. The molecule has 4 N–H and O–H groups in total. The number of carbonyl (C=O) groups is 2. The van der Waals surface area contributed by atoms with Crippen LogP contribution in [-0.4, -0.2) is 45.6 Å². The van der Waals surface area contributed by atoms with E-state index in [2.05, 4.69) is 13.8 Å². The Bertz CT molecular complexity index is 427. The molecule has 0 aliphatic carbocycles. The van der Waals surface area contributed by atoms with Crippen LogP contribution in [-0.2, 0) is 9.59 Å². The molecular weight excluding hydrogens is 504 g/mol. The lowest BCUT2D eigenvalue weighted by atomic mass is 10.1. The maximum atomic E-state index is 10.3. The summed E-state index contributed by atoms with van der Waals surface area (Å²) in [5.74, 6) is -1.31. The minimum absolute atomic E-state index is 0.283. The van der Waals surface area contributed by atoms with E-state index in [-0.39, 0.29) is 13.2 Å². The van der Waals surface area contributed by atoms with E-state index in [4.69, 9.17) is 20.4 Å². The summed E-state index contributed by atoms with van der Waals surface area (Å²) in [5, 5.41) is 33.5. The summed E-state index contributed by atoms with van der Waals surface area (Å²) in [6.07, 6.45) is 32.5. The van der Waals surface area contributed by atoms with E-state index in [0.29, 0.717) is 12.8 Å². The third-order valence-electron chi connectivity index (χ3n) is 7.05. The number of hydrogen-bond donors (Lipinski definition) is 4. The molecule has 0 unspecified atom stereocenters. The van der Waals surface area contributed by atoms with Gasteiger partial charge in [0.15, 0.2) is 0 Å². The summed E-state index contributed by atoms with van der Waals surface area (Å²) in [6.45, 7) is 5.06. The second kappa shape index (κ2) is 42.3. The topological polar surface area (TPSA) is 115 Å². The highest BCUT2D eigenvalue weighted by atomic mass is 16.4. The summed E-state index contributed by atoms with van der Waals surface area (Å²) < 4.78 is 0. The highest BCUT2D eigenvalue weighted by Crippen LogP contribution is 2.13. The zero-order valence-corrected chi connectivity index (χ0v) is 26.8. The van der Waals surface area contributed by atoms with Crippen molar-refractivity contribution < 1.29 is 30.0 Å². The van der Waals surface area contributed by atoms with E-state index in [0.717, 1.165) is 51.4 Å². The fraction of sp³-hybridized carbons (Fsp3) is 0.941. The Labute approximate surface area is 248 Å². The van der Waals surface area contributed by atoms with Gasteiger partial charge < -0.3 is 20.4 Å². The largest absolute Gasteiger partial charge is 0.481 e. The van der Waals surface area contributed by atoms with Gasteiger partial charge in [0.05, 0.1) is 0 Å². The number of carboxylic acid groups (broad SMARTS) is 2. The van der Waals surface area contributed by atoms with E-state index < -0.39 is 11.9 Å². The van der Waals surface area contributed by atoms with Crippen molar-refractivity contribution in [2.24, 2.45) is 0 Å². The standard InChI is InChI=1S/2C14H28O2.C6H14O2/c2*1-2-3-4-5-6-7-8-9-10-11-12-13-14(15)16;7-5-3-1-2-4-6-8/h2*2-13H2,1H3,(H,15,16);7-8H,1-6H2. The Hall–Kier alpha value is -1.14. The number of rotatable bonds is 29. The summed E-state index contributed by atoms with van der Waals surface area (Å²) in [5.41, 5.74) is 0. The highest BCUT2D eigenvalue weighted by molar-refractivity contribution is 5.66. The van der Waals surface area contributed by atoms with Crippen LogP contribution in [0.4, 0.5) is 0 Å². The predicted molar refractivity (Wildman–Crippen MR) is 170 cm³/mol. The van der Waals surface area contributed by atoms with Crippen LogP contribution in [0.5, 0.6) is 0 Å². The van der Waals surface area contributed by atoms with Crippen LogP contribution in [0.25, 0.3) is 0 Å². The van der Waals surface area contributed by atoms with Crippen LogP contribution < -0.4 is 0 Å². The van der Waals surface area contributed by atoms with Crippen molar-refractivity contribution in [1.29, 1.82) is 0 Å². The maximum Gasteiger partial charge on any atom is 0.303 e. The third-order valence-corrected chi connectivity index (χ3v) is 7.05. The molecule has 0 aromatic carbocycles. The monoisotopic (exact) mass is 575 g/mol. The quantitative estimate of drug-likeness (QED) is 0.0661. The molecule has 0 radical (unpaired) electrons. The number of aliphatic carboxylic acids is 2. The first-order chi connectivity index (χ1) is 19.5. The molecule has 0 heterocycles. The molecule has 0 aliphatic rings. The van der Waals surface area contributed by atoms with Crippen LogP contribution >= 0.6 is 0 Å². The van der Waals surface area contributed by atoms with Gasteiger partial charge in [0.1, 0.15) is 0 Å². The molecule has 0 fully saturated rings. The summed E-state index contributed by atoms with van der Waals surface area (Å²) in [4.78, 5) is 20.5. The average molecular weight is 575 g/mol. The molecule has 40 heavy (non-hydrogen) atoms. The number of unbranched alkanes of at least 4 members (excludes halogenated alkanes) is 23. The smallest absolute Gasteiger partial charge is 0.303 e. The number of aliphatic hydroxyl groups is 2. The molecule has 0 spiro atoms. The maximum absolute atomic E-state index is 10.3. The number of aliphatic hydroxyl groups excluding tert-OH is 2. The van der Waals surface area contributed by atoms with Gasteiger partial charge in [-0.2, -0.15) is 0 Å². The lowest BCUT2D eigenvalue weighted by molar-refractivity contribution is -0.138. The van der Waals surface area contributed by atoms with E-state index >= 15 is 0 Å². The Morgan fingerprint density at radius 3 is 0.750 bits per heavy atom. The summed E-state index contributed by atoms with van der Waals surface area (Å²) in [6, 6.07) is 0. The third kappa shape index (κ3) is 53.2. The molecule has 0 atom stereocenters.